The molecule has 3 heteroatoms. The van der Waals surface area contributed by atoms with Crippen molar-refractivity contribution in [3.05, 3.63) is 29.8 Å². The average molecular weight is 274 g/mol. The lowest BCUT2D eigenvalue weighted by atomic mass is 9.91. The largest absolute Gasteiger partial charge is 0.326 e. The topological polar surface area (TPSA) is 41.1 Å². The molecule has 20 heavy (non-hydrogen) atoms. The average Bonchev–Trinajstić information content (AvgIpc) is 2.68. The minimum atomic E-state index is -0.0275. The fraction of sp³-hybridized carbons (Fsp3) is 0.588. The number of hydrogen-bond donors (Lipinski definition) is 2. The smallest absolute Gasteiger partial charge is 0.221 e. The van der Waals surface area contributed by atoms with E-state index >= 15 is 0 Å². The first kappa shape index (κ1) is 15.0. The number of carbonyl (C=O) groups excluding carboxylic acids is 1. The molecule has 1 aromatic rings. The third kappa shape index (κ3) is 4.07. The number of anilines is 1. The fourth-order valence-electron chi connectivity index (χ4n) is 3.12. The predicted molar refractivity (Wildman–Crippen MR) is 83.7 cm³/mol. The van der Waals surface area contributed by atoms with Gasteiger partial charge in [-0.05, 0) is 49.3 Å². The second-order valence-electron chi connectivity index (χ2n) is 6.80. The monoisotopic (exact) mass is 274 g/mol. The lowest BCUT2D eigenvalue weighted by molar-refractivity contribution is -0.114. The molecule has 0 spiro atoms. The van der Waals surface area contributed by atoms with Gasteiger partial charge in [0.25, 0.3) is 0 Å². The molecule has 0 heterocycles. The summed E-state index contributed by atoms with van der Waals surface area (Å²) in [6.45, 7) is 8.42. The lowest BCUT2D eigenvalue weighted by Crippen LogP contribution is -2.30. The van der Waals surface area contributed by atoms with E-state index in [0.717, 1.165) is 5.69 Å². The Bertz CT molecular complexity index is 482. The molecule has 2 N–H and O–H groups in total. The Hall–Kier alpha value is -1.35. The molecule has 1 aliphatic carbocycles. The summed E-state index contributed by atoms with van der Waals surface area (Å²) >= 11 is 0. The molecular weight excluding hydrogens is 248 g/mol. The van der Waals surface area contributed by atoms with Crippen LogP contribution in [-0.4, -0.2) is 11.9 Å². The van der Waals surface area contributed by atoms with E-state index in [0.29, 0.717) is 17.5 Å². The van der Waals surface area contributed by atoms with Crippen LogP contribution in [-0.2, 0) is 4.79 Å². The van der Waals surface area contributed by atoms with Gasteiger partial charge < -0.3 is 10.6 Å². The van der Waals surface area contributed by atoms with Gasteiger partial charge in [0.2, 0.25) is 5.91 Å². The maximum atomic E-state index is 11.1. The molecule has 0 bridgehead atoms. The van der Waals surface area contributed by atoms with Crippen LogP contribution in [0.4, 0.5) is 5.69 Å². The third-order valence-electron chi connectivity index (χ3n) is 4.16. The number of carbonyl (C=O) groups is 1. The molecule has 3 nitrogen and oxygen atoms in total. The van der Waals surface area contributed by atoms with Crippen LogP contribution in [0.25, 0.3) is 0 Å². The van der Waals surface area contributed by atoms with Crippen molar-refractivity contribution in [3.63, 3.8) is 0 Å². The Morgan fingerprint density at radius 2 is 2.15 bits per heavy atom. The van der Waals surface area contributed by atoms with Gasteiger partial charge in [-0.25, -0.2) is 0 Å². The second kappa shape index (κ2) is 5.96. The Morgan fingerprint density at radius 3 is 2.75 bits per heavy atom. The van der Waals surface area contributed by atoms with Gasteiger partial charge in [-0.1, -0.05) is 26.0 Å². The van der Waals surface area contributed by atoms with Crippen molar-refractivity contribution >= 4 is 11.6 Å². The molecule has 2 atom stereocenters. The van der Waals surface area contributed by atoms with Gasteiger partial charge in [0.15, 0.2) is 0 Å². The maximum Gasteiger partial charge on any atom is 0.221 e. The Kier molecular flexibility index (Phi) is 4.48. The first-order valence-corrected chi connectivity index (χ1v) is 7.49. The highest BCUT2D eigenvalue weighted by Crippen LogP contribution is 2.37. The summed E-state index contributed by atoms with van der Waals surface area (Å²) in [6, 6.07) is 9.00. The van der Waals surface area contributed by atoms with Gasteiger partial charge in [-0.2, -0.15) is 0 Å². The van der Waals surface area contributed by atoms with E-state index in [4.69, 9.17) is 0 Å². The SMILES string of the molecule is CC(=O)Nc1cccc(C(C)NC2CCC(C)(C)C2)c1. The molecular formula is C17H26N2O. The highest BCUT2D eigenvalue weighted by molar-refractivity contribution is 5.88. The number of benzene rings is 1. The molecule has 1 aliphatic rings. The van der Waals surface area contributed by atoms with Crippen molar-refractivity contribution in [1.29, 1.82) is 0 Å². The van der Waals surface area contributed by atoms with Crippen molar-refractivity contribution in [3.8, 4) is 0 Å². The second-order valence-corrected chi connectivity index (χ2v) is 6.80. The molecule has 0 radical (unpaired) electrons. The number of nitrogens with one attached hydrogen (secondary N) is 2. The molecule has 2 rings (SSSR count). The minimum Gasteiger partial charge on any atom is -0.326 e. The van der Waals surface area contributed by atoms with Crippen LogP contribution < -0.4 is 10.6 Å². The highest BCUT2D eigenvalue weighted by atomic mass is 16.1. The molecule has 2 unspecified atom stereocenters. The molecule has 110 valence electrons. The maximum absolute atomic E-state index is 11.1. The quantitative estimate of drug-likeness (QED) is 0.875. The van der Waals surface area contributed by atoms with Gasteiger partial charge in [0.1, 0.15) is 0 Å². The molecule has 0 aliphatic heterocycles. The standard InChI is InChI=1S/C17H26N2O/c1-12(18-16-8-9-17(3,4)11-16)14-6-5-7-15(10-14)19-13(2)20/h5-7,10,12,16,18H,8-9,11H2,1-4H3,(H,19,20). The van der Waals surface area contributed by atoms with Crippen LogP contribution in [0.3, 0.4) is 0 Å². The molecule has 0 saturated heterocycles. The summed E-state index contributed by atoms with van der Waals surface area (Å²) in [5.41, 5.74) is 2.56. The van der Waals surface area contributed by atoms with Crippen molar-refractivity contribution in [2.45, 2.75) is 59.0 Å². The molecule has 1 fully saturated rings. The van der Waals surface area contributed by atoms with Crippen molar-refractivity contribution < 1.29 is 4.79 Å². The zero-order valence-corrected chi connectivity index (χ0v) is 13.0. The first-order valence-electron chi connectivity index (χ1n) is 7.49. The lowest BCUT2D eigenvalue weighted by Gasteiger charge is -2.22. The zero-order chi connectivity index (χ0) is 14.8. The summed E-state index contributed by atoms with van der Waals surface area (Å²) < 4.78 is 0. The van der Waals surface area contributed by atoms with E-state index in [1.165, 1.54) is 31.7 Å². The van der Waals surface area contributed by atoms with Gasteiger partial charge in [-0.3, -0.25) is 4.79 Å². The third-order valence-corrected chi connectivity index (χ3v) is 4.16. The van der Waals surface area contributed by atoms with Crippen molar-refractivity contribution in [2.24, 2.45) is 5.41 Å². The van der Waals surface area contributed by atoms with Crippen LogP contribution in [0.15, 0.2) is 24.3 Å². The normalized spacial score (nSPS) is 22.5. The van der Waals surface area contributed by atoms with Crippen LogP contribution in [0.5, 0.6) is 0 Å². The summed E-state index contributed by atoms with van der Waals surface area (Å²) in [4.78, 5) is 11.1. The summed E-state index contributed by atoms with van der Waals surface area (Å²) in [6.07, 6.45) is 3.79. The number of rotatable bonds is 4. The summed E-state index contributed by atoms with van der Waals surface area (Å²) in [7, 11) is 0. The van der Waals surface area contributed by atoms with E-state index in [1.54, 1.807) is 0 Å². The Balaban J connectivity index is 1.98. The van der Waals surface area contributed by atoms with Crippen LogP contribution in [0, 0.1) is 5.41 Å². The van der Waals surface area contributed by atoms with E-state index < -0.39 is 0 Å². The van der Waals surface area contributed by atoms with Crippen LogP contribution in [0.1, 0.15) is 58.6 Å². The van der Waals surface area contributed by atoms with E-state index in [1.807, 2.05) is 12.1 Å². The van der Waals surface area contributed by atoms with E-state index in [-0.39, 0.29) is 5.91 Å². The van der Waals surface area contributed by atoms with Crippen molar-refractivity contribution in [1.82, 2.24) is 5.32 Å². The summed E-state index contributed by atoms with van der Waals surface area (Å²) in [5, 5.41) is 6.56. The predicted octanol–water partition coefficient (Wildman–Crippen LogP) is 3.87. The van der Waals surface area contributed by atoms with Gasteiger partial charge in [0.05, 0.1) is 0 Å². The molecule has 1 saturated carbocycles. The zero-order valence-electron chi connectivity index (χ0n) is 13.0. The summed E-state index contributed by atoms with van der Waals surface area (Å²) in [5.74, 6) is -0.0275. The van der Waals surface area contributed by atoms with Crippen LogP contribution >= 0.6 is 0 Å². The van der Waals surface area contributed by atoms with Crippen LogP contribution in [0.2, 0.25) is 0 Å². The van der Waals surface area contributed by atoms with E-state index in [9.17, 15) is 4.79 Å². The Labute approximate surface area is 122 Å². The number of amides is 1. The van der Waals surface area contributed by atoms with Crippen molar-refractivity contribution in [2.75, 3.05) is 5.32 Å². The molecule has 0 aromatic heterocycles. The van der Waals surface area contributed by atoms with Gasteiger partial charge >= 0.3 is 0 Å². The molecule has 1 aromatic carbocycles. The highest BCUT2D eigenvalue weighted by Gasteiger charge is 2.31. The van der Waals surface area contributed by atoms with Gasteiger partial charge in [0, 0.05) is 24.7 Å². The molecule has 1 amide bonds. The first-order chi connectivity index (χ1) is 9.35. The van der Waals surface area contributed by atoms with E-state index in [2.05, 4.69) is 43.5 Å². The minimum absolute atomic E-state index is 0.0275. The Morgan fingerprint density at radius 1 is 1.40 bits per heavy atom. The fourth-order valence-corrected chi connectivity index (χ4v) is 3.12. The van der Waals surface area contributed by atoms with Gasteiger partial charge in [-0.15, -0.1) is 0 Å². The number of hydrogen-bond acceptors (Lipinski definition) is 2.